The molecule has 0 saturated heterocycles. The second-order valence-electron chi connectivity index (χ2n) is 4.50. The summed E-state index contributed by atoms with van der Waals surface area (Å²) < 4.78 is 0. The number of hydrogen-bond acceptors (Lipinski definition) is 2. The van der Waals surface area contributed by atoms with Gasteiger partial charge >= 0.3 is 0 Å². The number of rotatable bonds is 4. The third-order valence-corrected chi connectivity index (χ3v) is 3.52. The molecule has 2 nitrogen and oxygen atoms in total. The molecule has 4 atom stereocenters. The van der Waals surface area contributed by atoms with Crippen LogP contribution >= 0.6 is 0 Å². The molecule has 0 radical (unpaired) electrons. The first kappa shape index (κ1) is 11.7. The Hall–Kier alpha value is -0.340. The molecule has 0 amide bonds. The average molecular weight is 196 g/mol. The van der Waals surface area contributed by atoms with Crippen LogP contribution in [0.25, 0.3) is 0 Å². The predicted molar refractivity (Wildman–Crippen MR) is 62.1 cm³/mol. The molecule has 0 heterocycles. The Bertz CT molecular complexity index is 179. The Balaban J connectivity index is 2.42. The first-order valence-electron chi connectivity index (χ1n) is 5.80. The molecule has 1 rings (SSSR count). The van der Waals surface area contributed by atoms with Crippen LogP contribution in [-0.4, -0.2) is 18.6 Å². The Morgan fingerprint density at radius 1 is 1.57 bits per heavy atom. The van der Waals surface area contributed by atoms with E-state index in [-0.39, 0.29) is 0 Å². The highest BCUT2D eigenvalue weighted by molar-refractivity contribution is 4.92. The Kier molecular flexibility index (Phi) is 4.63. The first-order valence-corrected chi connectivity index (χ1v) is 5.80. The van der Waals surface area contributed by atoms with Gasteiger partial charge in [0.05, 0.1) is 0 Å². The zero-order valence-corrected chi connectivity index (χ0v) is 9.50. The molecule has 82 valence electrons. The van der Waals surface area contributed by atoms with Gasteiger partial charge in [0.25, 0.3) is 0 Å². The molecule has 0 aliphatic heterocycles. The molecule has 0 spiro atoms. The normalized spacial score (nSPS) is 35.2. The molecule has 14 heavy (non-hydrogen) atoms. The largest absolute Gasteiger partial charge is 0.326 e. The van der Waals surface area contributed by atoms with Crippen molar-refractivity contribution in [3.8, 4) is 0 Å². The maximum absolute atomic E-state index is 6.15. The van der Waals surface area contributed by atoms with E-state index in [4.69, 9.17) is 5.73 Å². The molecule has 1 saturated carbocycles. The average Bonchev–Trinajstić information content (AvgIpc) is 2.20. The van der Waals surface area contributed by atoms with Gasteiger partial charge in [0.1, 0.15) is 0 Å². The van der Waals surface area contributed by atoms with Gasteiger partial charge in [0.15, 0.2) is 0 Å². The van der Waals surface area contributed by atoms with Gasteiger partial charge in [0, 0.05) is 12.1 Å². The maximum atomic E-state index is 6.15. The van der Waals surface area contributed by atoms with Crippen molar-refractivity contribution in [2.24, 2.45) is 17.6 Å². The van der Waals surface area contributed by atoms with Crippen LogP contribution in [0.1, 0.15) is 33.1 Å². The van der Waals surface area contributed by atoms with Crippen LogP contribution in [0.2, 0.25) is 0 Å². The molecular weight excluding hydrogens is 172 g/mol. The molecule has 1 aliphatic carbocycles. The van der Waals surface area contributed by atoms with Gasteiger partial charge in [-0.05, 0) is 37.6 Å². The van der Waals surface area contributed by atoms with Crippen molar-refractivity contribution in [3.63, 3.8) is 0 Å². The number of likely N-dealkylation sites (N-methyl/N-ethyl adjacent to an activating group) is 1. The standard InChI is InChI=1S/C12H24N2/c1-4-9(3)10-6-7-12(14-5-2)11(13)8-10/h4,9-12,14H,1,5-8,13H2,2-3H3. The fourth-order valence-corrected chi connectivity index (χ4v) is 2.43. The minimum atomic E-state index is 0.330. The van der Waals surface area contributed by atoms with E-state index < -0.39 is 0 Å². The summed E-state index contributed by atoms with van der Waals surface area (Å²) in [6.07, 6.45) is 5.71. The maximum Gasteiger partial charge on any atom is 0.0219 e. The van der Waals surface area contributed by atoms with Crippen LogP contribution < -0.4 is 11.1 Å². The lowest BCUT2D eigenvalue weighted by atomic mass is 9.76. The number of hydrogen-bond donors (Lipinski definition) is 2. The van der Waals surface area contributed by atoms with E-state index in [1.54, 1.807) is 0 Å². The van der Waals surface area contributed by atoms with Crippen LogP contribution in [0.15, 0.2) is 12.7 Å². The van der Waals surface area contributed by atoms with E-state index in [0.717, 1.165) is 18.9 Å². The fraction of sp³-hybridized carbons (Fsp3) is 0.833. The van der Waals surface area contributed by atoms with E-state index >= 15 is 0 Å². The van der Waals surface area contributed by atoms with Crippen molar-refractivity contribution in [1.29, 1.82) is 0 Å². The summed E-state index contributed by atoms with van der Waals surface area (Å²) in [4.78, 5) is 0. The van der Waals surface area contributed by atoms with E-state index in [2.05, 4.69) is 31.8 Å². The van der Waals surface area contributed by atoms with E-state index in [1.165, 1.54) is 12.8 Å². The highest BCUT2D eigenvalue weighted by Gasteiger charge is 2.29. The molecule has 0 aromatic rings. The summed E-state index contributed by atoms with van der Waals surface area (Å²) in [6.45, 7) is 9.28. The second kappa shape index (κ2) is 5.52. The molecule has 0 bridgehead atoms. The van der Waals surface area contributed by atoms with Gasteiger partial charge < -0.3 is 11.1 Å². The third kappa shape index (κ3) is 2.82. The van der Waals surface area contributed by atoms with E-state index in [0.29, 0.717) is 18.0 Å². The third-order valence-electron chi connectivity index (χ3n) is 3.52. The first-order chi connectivity index (χ1) is 6.69. The molecule has 4 unspecified atom stereocenters. The van der Waals surface area contributed by atoms with Gasteiger partial charge in [-0.3, -0.25) is 0 Å². The molecule has 0 aromatic carbocycles. The Morgan fingerprint density at radius 3 is 2.79 bits per heavy atom. The van der Waals surface area contributed by atoms with Gasteiger partial charge in [-0.1, -0.05) is 19.9 Å². The zero-order valence-electron chi connectivity index (χ0n) is 9.50. The molecule has 1 fully saturated rings. The summed E-state index contributed by atoms with van der Waals surface area (Å²) in [5.74, 6) is 1.36. The Morgan fingerprint density at radius 2 is 2.29 bits per heavy atom. The van der Waals surface area contributed by atoms with Gasteiger partial charge in [0.2, 0.25) is 0 Å². The quantitative estimate of drug-likeness (QED) is 0.674. The van der Waals surface area contributed by atoms with Crippen molar-refractivity contribution in [2.75, 3.05) is 6.54 Å². The number of nitrogens with two attached hydrogens (primary N) is 1. The fourth-order valence-electron chi connectivity index (χ4n) is 2.43. The van der Waals surface area contributed by atoms with Crippen molar-refractivity contribution in [2.45, 2.75) is 45.2 Å². The minimum absolute atomic E-state index is 0.330. The SMILES string of the molecule is C=CC(C)C1CCC(NCC)C(N)C1. The highest BCUT2D eigenvalue weighted by Crippen LogP contribution is 2.30. The Labute approximate surface area is 87.9 Å². The molecule has 1 aliphatic rings. The van der Waals surface area contributed by atoms with E-state index in [1.807, 2.05) is 0 Å². The summed E-state index contributed by atoms with van der Waals surface area (Å²) in [5.41, 5.74) is 6.15. The number of nitrogens with one attached hydrogen (secondary N) is 1. The van der Waals surface area contributed by atoms with E-state index in [9.17, 15) is 0 Å². The molecular formula is C12H24N2. The minimum Gasteiger partial charge on any atom is -0.326 e. The molecule has 2 heteroatoms. The highest BCUT2D eigenvalue weighted by atomic mass is 14.9. The van der Waals surface area contributed by atoms with Crippen LogP contribution in [0, 0.1) is 11.8 Å². The zero-order chi connectivity index (χ0) is 10.6. The van der Waals surface area contributed by atoms with Crippen molar-refractivity contribution in [3.05, 3.63) is 12.7 Å². The van der Waals surface area contributed by atoms with Crippen LogP contribution in [-0.2, 0) is 0 Å². The van der Waals surface area contributed by atoms with Crippen LogP contribution in [0.5, 0.6) is 0 Å². The summed E-state index contributed by atoms with van der Waals surface area (Å²) in [6, 6.07) is 0.865. The van der Waals surface area contributed by atoms with Gasteiger partial charge in [-0.2, -0.15) is 0 Å². The number of allylic oxidation sites excluding steroid dienone is 1. The monoisotopic (exact) mass is 196 g/mol. The van der Waals surface area contributed by atoms with Crippen LogP contribution in [0.4, 0.5) is 0 Å². The molecule has 3 N–H and O–H groups in total. The van der Waals surface area contributed by atoms with Crippen molar-refractivity contribution >= 4 is 0 Å². The predicted octanol–water partition coefficient (Wildman–Crippen LogP) is 1.91. The lowest BCUT2D eigenvalue weighted by molar-refractivity contribution is 0.226. The van der Waals surface area contributed by atoms with Crippen molar-refractivity contribution < 1.29 is 0 Å². The smallest absolute Gasteiger partial charge is 0.0219 e. The van der Waals surface area contributed by atoms with Crippen LogP contribution in [0.3, 0.4) is 0 Å². The second-order valence-corrected chi connectivity index (χ2v) is 4.50. The summed E-state index contributed by atoms with van der Waals surface area (Å²) in [5, 5.41) is 3.46. The summed E-state index contributed by atoms with van der Waals surface area (Å²) in [7, 11) is 0. The van der Waals surface area contributed by atoms with Gasteiger partial charge in [-0.15, -0.1) is 6.58 Å². The summed E-state index contributed by atoms with van der Waals surface area (Å²) >= 11 is 0. The lowest BCUT2D eigenvalue weighted by Gasteiger charge is -2.36. The van der Waals surface area contributed by atoms with Crippen molar-refractivity contribution in [1.82, 2.24) is 5.32 Å². The topological polar surface area (TPSA) is 38.0 Å². The van der Waals surface area contributed by atoms with Gasteiger partial charge in [-0.25, -0.2) is 0 Å². The molecule has 0 aromatic heterocycles. The lowest BCUT2D eigenvalue weighted by Crippen LogP contribution is -2.49.